The van der Waals surface area contributed by atoms with Gasteiger partial charge in [-0.15, -0.1) is 0 Å². The van der Waals surface area contributed by atoms with Crippen molar-refractivity contribution in [3.8, 4) is 0 Å². The van der Waals surface area contributed by atoms with Gasteiger partial charge in [-0.05, 0) is 5.56 Å². The molecule has 4 heteroatoms. The van der Waals surface area contributed by atoms with Gasteiger partial charge in [0.05, 0.1) is 0 Å². The molecule has 0 aromatic heterocycles. The third-order valence-corrected chi connectivity index (χ3v) is 1.35. The molecule has 60 valence electrons. The van der Waals surface area contributed by atoms with Crippen molar-refractivity contribution in [3.63, 3.8) is 0 Å². The first-order chi connectivity index (χ1) is 5.22. The van der Waals surface area contributed by atoms with Crippen LogP contribution in [0.4, 0.5) is 0 Å². The molecule has 3 nitrogen and oxygen atoms in total. The average Bonchev–Trinajstić information content (AvgIpc) is 2.05. The molecule has 1 aromatic carbocycles. The van der Waals surface area contributed by atoms with E-state index < -0.39 is 12.1 Å². The molecule has 0 unspecified atom stereocenters. The molecule has 0 radical (unpaired) electrons. The van der Waals surface area contributed by atoms with Gasteiger partial charge in [0.1, 0.15) is 0 Å². The van der Waals surface area contributed by atoms with Crippen LogP contribution < -0.4 is 18.9 Å². The maximum absolute atomic E-state index is 10.2. The molecule has 0 amide bonds. The largest absolute Gasteiger partial charge is 1.00 e. The SMILES string of the molecule is O=C(O)[C@H](O)c1ccccc1.[H-].[Li+]. The molecule has 2 N–H and O–H groups in total. The summed E-state index contributed by atoms with van der Waals surface area (Å²) >= 11 is 0. The molecular formula is C8H9LiO3. The van der Waals surface area contributed by atoms with Crippen molar-refractivity contribution in [3.05, 3.63) is 35.9 Å². The van der Waals surface area contributed by atoms with Gasteiger partial charge >= 0.3 is 24.8 Å². The monoisotopic (exact) mass is 160 g/mol. The number of aliphatic hydroxyl groups is 1. The summed E-state index contributed by atoms with van der Waals surface area (Å²) in [5.74, 6) is -1.23. The van der Waals surface area contributed by atoms with Crippen molar-refractivity contribution in [1.82, 2.24) is 0 Å². The summed E-state index contributed by atoms with van der Waals surface area (Å²) in [6, 6.07) is 8.26. The first-order valence-electron chi connectivity index (χ1n) is 3.17. The van der Waals surface area contributed by atoms with E-state index in [-0.39, 0.29) is 20.3 Å². The Bertz CT molecular complexity index is 253. The molecule has 0 saturated carbocycles. The van der Waals surface area contributed by atoms with Crippen molar-refractivity contribution in [2.45, 2.75) is 6.10 Å². The molecule has 0 heterocycles. The normalized spacial score (nSPS) is 11.4. The molecule has 0 saturated heterocycles. The Labute approximate surface area is 83.7 Å². The van der Waals surface area contributed by atoms with Crippen molar-refractivity contribution in [2.75, 3.05) is 0 Å². The Morgan fingerprint density at radius 1 is 1.33 bits per heavy atom. The quantitative estimate of drug-likeness (QED) is 0.488. The van der Waals surface area contributed by atoms with E-state index in [2.05, 4.69) is 0 Å². The minimum absolute atomic E-state index is 0. The number of aliphatic hydroxyl groups excluding tert-OH is 1. The molecule has 0 fully saturated rings. The first-order valence-corrected chi connectivity index (χ1v) is 3.17. The van der Waals surface area contributed by atoms with Crippen LogP contribution in [-0.4, -0.2) is 16.2 Å². The van der Waals surface area contributed by atoms with E-state index in [1.165, 1.54) is 0 Å². The number of hydrogen-bond acceptors (Lipinski definition) is 2. The van der Waals surface area contributed by atoms with E-state index in [4.69, 9.17) is 10.2 Å². The Hall–Kier alpha value is -0.753. The number of carboxylic acid groups (broad SMARTS) is 1. The maximum Gasteiger partial charge on any atom is 1.00 e. The van der Waals surface area contributed by atoms with Crippen molar-refractivity contribution < 1.29 is 35.3 Å². The molecule has 0 spiro atoms. The smallest absolute Gasteiger partial charge is 1.00 e. The van der Waals surface area contributed by atoms with Crippen molar-refractivity contribution in [1.29, 1.82) is 0 Å². The second kappa shape index (κ2) is 4.99. The van der Waals surface area contributed by atoms with Gasteiger partial charge in [0.15, 0.2) is 6.10 Å². The fraction of sp³-hybridized carbons (Fsp3) is 0.125. The Morgan fingerprint density at radius 3 is 2.25 bits per heavy atom. The minimum atomic E-state index is -1.41. The van der Waals surface area contributed by atoms with Gasteiger partial charge in [0.2, 0.25) is 0 Å². The van der Waals surface area contributed by atoms with E-state index in [0.29, 0.717) is 5.56 Å². The van der Waals surface area contributed by atoms with E-state index in [1.807, 2.05) is 0 Å². The third-order valence-electron chi connectivity index (χ3n) is 1.35. The molecule has 12 heavy (non-hydrogen) atoms. The fourth-order valence-corrected chi connectivity index (χ4v) is 0.778. The number of carbonyl (C=O) groups is 1. The van der Waals surface area contributed by atoms with Gasteiger partial charge in [-0.25, -0.2) is 4.79 Å². The number of hydrogen-bond donors (Lipinski definition) is 2. The van der Waals surface area contributed by atoms with Gasteiger partial charge in [-0.3, -0.25) is 0 Å². The van der Waals surface area contributed by atoms with E-state index in [9.17, 15) is 4.79 Å². The number of benzene rings is 1. The van der Waals surface area contributed by atoms with Gasteiger partial charge in [-0.1, -0.05) is 30.3 Å². The van der Waals surface area contributed by atoms with Gasteiger partial charge < -0.3 is 11.6 Å². The van der Waals surface area contributed by atoms with E-state index >= 15 is 0 Å². The predicted molar refractivity (Wildman–Crippen MR) is 40.1 cm³/mol. The van der Waals surface area contributed by atoms with E-state index in [1.54, 1.807) is 30.3 Å². The van der Waals surface area contributed by atoms with Gasteiger partial charge in [-0.2, -0.15) is 0 Å². The van der Waals surface area contributed by atoms with Crippen LogP contribution in [0.1, 0.15) is 13.1 Å². The van der Waals surface area contributed by atoms with Crippen LogP contribution >= 0.6 is 0 Å². The second-order valence-electron chi connectivity index (χ2n) is 2.15. The molecule has 0 aliphatic heterocycles. The molecule has 1 rings (SSSR count). The number of rotatable bonds is 2. The van der Waals surface area contributed by atoms with Crippen LogP contribution in [0.15, 0.2) is 30.3 Å². The molecule has 0 aliphatic carbocycles. The molecule has 1 atom stereocenters. The Kier molecular flexibility index (Phi) is 4.68. The summed E-state index contributed by atoms with van der Waals surface area (Å²) in [4.78, 5) is 10.2. The minimum Gasteiger partial charge on any atom is -1.00 e. The van der Waals surface area contributed by atoms with Crippen molar-refractivity contribution in [2.24, 2.45) is 0 Å². The van der Waals surface area contributed by atoms with Crippen LogP contribution in [0.25, 0.3) is 0 Å². The average molecular weight is 160 g/mol. The summed E-state index contributed by atoms with van der Waals surface area (Å²) in [6.07, 6.45) is -1.41. The molecule has 1 aromatic rings. The molecule has 0 aliphatic rings. The van der Waals surface area contributed by atoms with Crippen LogP contribution in [0.5, 0.6) is 0 Å². The third kappa shape index (κ3) is 2.71. The van der Waals surface area contributed by atoms with Gasteiger partial charge in [0, 0.05) is 0 Å². The number of aliphatic carboxylic acids is 1. The topological polar surface area (TPSA) is 57.5 Å². The van der Waals surface area contributed by atoms with Crippen molar-refractivity contribution >= 4 is 5.97 Å². The summed E-state index contributed by atoms with van der Waals surface area (Å²) in [5, 5.41) is 17.4. The maximum atomic E-state index is 10.2. The zero-order valence-corrected chi connectivity index (χ0v) is 6.77. The summed E-state index contributed by atoms with van der Waals surface area (Å²) in [6.45, 7) is 0. The number of carboxylic acids is 1. The molecular weight excluding hydrogens is 151 g/mol. The standard InChI is InChI=1S/C8H8O3.Li.H/c9-7(8(10)11)6-4-2-1-3-5-6;;/h1-5,7,9H,(H,10,11);;/q;+1;-1/t7-;;/m1../s1. The summed E-state index contributed by atoms with van der Waals surface area (Å²) in [7, 11) is 0. The van der Waals surface area contributed by atoms with Crippen LogP contribution in [0.2, 0.25) is 0 Å². The Balaban J connectivity index is 0. The molecule has 0 bridgehead atoms. The fourth-order valence-electron chi connectivity index (χ4n) is 0.778. The zero-order valence-electron chi connectivity index (χ0n) is 7.77. The van der Waals surface area contributed by atoms with Crippen LogP contribution in [-0.2, 0) is 4.79 Å². The van der Waals surface area contributed by atoms with Crippen LogP contribution in [0.3, 0.4) is 0 Å². The Morgan fingerprint density at radius 2 is 1.83 bits per heavy atom. The zero-order chi connectivity index (χ0) is 8.27. The second-order valence-corrected chi connectivity index (χ2v) is 2.15. The van der Waals surface area contributed by atoms with Gasteiger partial charge in [0.25, 0.3) is 0 Å². The van der Waals surface area contributed by atoms with Crippen LogP contribution in [0, 0.1) is 0 Å². The predicted octanol–water partition coefficient (Wildman–Crippen LogP) is -2.08. The van der Waals surface area contributed by atoms with E-state index in [0.717, 1.165) is 0 Å². The summed E-state index contributed by atoms with van der Waals surface area (Å²) < 4.78 is 0. The first kappa shape index (κ1) is 11.2. The summed E-state index contributed by atoms with van der Waals surface area (Å²) in [5.41, 5.74) is 0.403.